The van der Waals surface area contributed by atoms with Crippen LogP contribution in [0.3, 0.4) is 0 Å². The number of nitrogens with zero attached hydrogens (tertiary/aromatic N) is 1. The lowest BCUT2D eigenvalue weighted by atomic mass is 10.1. The Bertz CT molecular complexity index is 672. The van der Waals surface area contributed by atoms with E-state index < -0.39 is 0 Å². The Labute approximate surface area is 119 Å². The monoisotopic (exact) mass is 288 g/mol. The van der Waals surface area contributed by atoms with Crippen molar-refractivity contribution in [3.63, 3.8) is 0 Å². The minimum atomic E-state index is 0.367. The number of anilines is 1. The molecule has 0 aliphatic carbocycles. The number of benzene rings is 1. The molecule has 19 heavy (non-hydrogen) atoms. The first-order valence-corrected chi connectivity index (χ1v) is 7.83. The Morgan fingerprint density at radius 1 is 1.21 bits per heavy atom. The van der Waals surface area contributed by atoms with Gasteiger partial charge in [0.05, 0.1) is 5.56 Å². The standard InChI is InChI=1S/C14H12N2OS2/c1-18-10-6-4-9(5-7-10)13-12(14(15)17-16-13)11-3-2-8-19-11/h2-8H,15H2,1H3. The molecule has 0 atom stereocenters. The molecule has 0 spiro atoms. The third-order valence-corrected chi connectivity index (χ3v) is 4.48. The zero-order valence-corrected chi connectivity index (χ0v) is 11.9. The number of nitrogen functional groups attached to an aromatic ring is 1. The van der Waals surface area contributed by atoms with Crippen molar-refractivity contribution >= 4 is 29.0 Å². The van der Waals surface area contributed by atoms with Gasteiger partial charge < -0.3 is 10.3 Å². The molecule has 0 radical (unpaired) electrons. The maximum Gasteiger partial charge on any atom is 0.231 e. The van der Waals surface area contributed by atoms with Gasteiger partial charge in [-0.1, -0.05) is 23.4 Å². The van der Waals surface area contributed by atoms with E-state index in [0.29, 0.717) is 5.88 Å². The van der Waals surface area contributed by atoms with E-state index in [2.05, 4.69) is 23.5 Å². The fourth-order valence-electron chi connectivity index (χ4n) is 1.91. The number of thioether (sulfide) groups is 1. The van der Waals surface area contributed by atoms with Crippen LogP contribution in [0, 0.1) is 0 Å². The molecule has 0 unspecified atom stereocenters. The highest BCUT2D eigenvalue weighted by Gasteiger charge is 2.17. The van der Waals surface area contributed by atoms with Crippen molar-refractivity contribution in [2.75, 3.05) is 12.0 Å². The van der Waals surface area contributed by atoms with Gasteiger partial charge in [-0.25, -0.2) is 0 Å². The molecule has 0 saturated heterocycles. The van der Waals surface area contributed by atoms with Crippen LogP contribution in [0.2, 0.25) is 0 Å². The third kappa shape index (κ3) is 2.27. The Morgan fingerprint density at radius 2 is 2.00 bits per heavy atom. The minimum Gasteiger partial charge on any atom is -0.367 e. The van der Waals surface area contributed by atoms with Gasteiger partial charge in [-0.15, -0.1) is 23.1 Å². The fourth-order valence-corrected chi connectivity index (χ4v) is 3.09. The average Bonchev–Trinajstić information content (AvgIpc) is 3.08. The highest BCUT2D eigenvalue weighted by Crippen LogP contribution is 2.38. The van der Waals surface area contributed by atoms with E-state index in [1.807, 2.05) is 29.6 Å². The second-order valence-corrected chi connectivity index (χ2v) is 5.80. The van der Waals surface area contributed by atoms with Crippen LogP contribution in [-0.4, -0.2) is 11.4 Å². The summed E-state index contributed by atoms with van der Waals surface area (Å²) in [6.07, 6.45) is 2.06. The maximum atomic E-state index is 5.90. The first kappa shape index (κ1) is 12.3. The third-order valence-electron chi connectivity index (χ3n) is 2.85. The Hall–Kier alpha value is -1.72. The SMILES string of the molecule is CSc1ccc(-c2noc(N)c2-c2cccs2)cc1. The van der Waals surface area contributed by atoms with Gasteiger partial charge in [0.25, 0.3) is 0 Å². The number of aromatic nitrogens is 1. The maximum absolute atomic E-state index is 5.90. The van der Waals surface area contributed by atoms with Crippen LogP contribution in [0.5, 0.6) is 0 Å². The molecule has 0 fully saturated rings. The molecule has 3 nitrogen and oxygen atoms in total. The van der Waals surface area contributed by atoms with Crippen molar-refractivity contribution in [3.8, 4) is 21.7 Å². The number of hydrogen-bond acceptors (Lipinski definition) is 5. The highest BCUT2D eigenvalue weighted by atomic mass is 32.2. The molecule has 2 N–H and O–H groups in total. The summed E-state index contributed by atoms with van der Waals surface area (Å²) < 4.78 is 5.16. The lowest BCUT2D eigenvalue weighted by Crippen LogP contribution is -1.85. The van der Waals surface area contributed by atoms with Gasteiger partial charge in [0, 0.05) is 15.3 Å². The van der Waals surface area contributed by atoms with Gasteiger partial charge >= 0.3 is 0 Å². The topological polar surface area (TPSA) is 52.0 Å². The van der Waals surface area contributed by atoms with Crippen LogP contribution in [0.25, 0.3) is 21.7 Å². The van der Waals surface area contributed by atoms with Crippen molar-refractivity contribution in [2.45, 2.75) is 4.90 Å². The molecular formula is C14H12N2OS2. The molecule has 5 heteroatoms. The molecule has 0 amide bonds. The fraction of sp³-hybridized carbons (Fsp3) is 0.0714. The van der Waals surface area contributed by atoms with Crippen molar-refractivity contribution in [2.24, 2.45) is 0 Å². The van der Waals surface area contributed by atoms with E-state index >= 15 is 0 Å². The highest BCUT2D eigenvalue weighted by molar-refractivity contribution is 7.98. The smallest absolute Gasteiger partial charge is 0.231 e. The summed E-state index contributed by atoms with van der Waals surface area (Å²) in [7, 11) is 0. The minimum absolute atomic E-state index is 0.367. The van der Waals surface area contributed by atoms with Gasteiger partial charge in [-0.3, -0.25) is 0 Å². The lowest BCUT2D eigenvalue weighted by Gasteiger charge is -2.01. The Morgan fingerprint density at radius 3 is 2.63 bits per heavy atom. The van der Waals surface area contributed by atoms with Crippen LogP contribution in [0.15, 0.2) is 51.2 Å². The first-order chi connectivity index (χ1) is 9.29. The predicted molar refractivity (Wildman–Crippen MR) is 81.4 cm³/mol. The summed E-state index contributed by atoms with van der Waals surface area (Å²) in [5, 5.41) is 6.11. The molecular weight excluding hydrogens is 276 g/mol. The van der Waals surface area contributed by atoms with Crippen LogP contribution in [-0.2, 0) is 0 Å². The van der Waals surface area contributed by atoms with E-state index in [1.54, 1.807) is 23.1 Å². The average molecular weight is 288 g/mol. The summed E-state index contributed by atoms with van der Waals surface area (Å²) in [5.74, 6) is 0.367. The van der Waals surface area contributed by atoms with Crippen LogP contribution >= 0.6 is 23.1 Å². The zero-order valence-electron chi connectivity index (χ0n) is 10.3. The molecule has 0 aliphatic rings. The van der Waals surface area contributed by atoms with E-state index in [-0.39, 0.29) is 0 Å². The number of rotatable bonds is 3. The summed E-state index contributed by atoms with van der Waals surface area (Å²) in [6, 6.07) is 12.2. The lowest BCUT2D eigenvalue weighted by molar-refractivity contribution is 0.439. The summed E-state index contributed by atoms with van der Waals surface area (Å²) in [6.45, 7) is 0. The van der Waals surface area contributed by atoms with Crippen molar-refractivity contribution < 1.29 is 4.52 Å². The quantitative estimate of drug-likeness (QED) is 0.727. The molecule has 2 heterocycles. The van der Waals surface area contributed by atoms with E-state index in [9.17, 15) is 0 Å². The van der Waals surface area contributed by atoms with Crippen molar-refractivity contribution in [1.82, 2.24) is 5.16 Å². The van der Waals surface area contributed by atoms with Gasteiger partial charge in [-0.05, 0) is 29.8 Å². The van der Waals surface area contributed by atoms with Gasteiger partial charge in [0.1, 0.15) is 5.69 Å². The Balaban J connectivity index is 2.10. The van der Waals surface area contributed by atoms with Gasteiger partial charge in [0.15, 0.2) is 0 Å². The van der Waals surface area contributed by atoms with Gasteiger partial charge in [-0.2, -0.15) is 0 Å². The van der Waals surface area contributed by atoms with E-state index in [1.165, 1.54) is 4.90 Å². The first-order valence-electron chi connectivity index (χ1n) is 5.73. The van der Waals surface area contributed by atoms with Crippen molar-refractivity contribution in [1.29, 1.82) is 0 Å². The number of nitrogens with two attached hydrogens (primary N) is 1. The molecule has 0 aliphatic heterocycles. The normalized spacial score (nSPS) is 10.8. The molecule has 96 valence electrons. The largest absolute Gasteiger partial charge is 0.367 e. The summed E-state index contributed by atoms with van der Waals surface area (Å²) in [5.41, 5.74) is 8.59. The summed E-state index contributed by atoms with van der Waals surface area (Å²) >= 11 is 3.34. The molecule has 1 aromatic carbocycles. The Kier molecular flexibility index (Phi) is 3.31. The second kappa shape index (κ2) is 5.11. The van der Waals surface area contributed by atoms with E-state index in [4.69, 9.17) is 10.3 Å². The van der Waals surface area contributed by atoms with Crippen LogP contribution < -0.4 is 5.73 Å². The summed E-state index contributed by atoms with van der Waals surface area (Å²) in [4.78, 5) is 2.29. The molecule has 0 bridgehead atoms. The van der Waals surface area contributed by atoms with E-state index in [0.717, 1.165) is 21.7 Å². The second-order valence-electron chi connectivity index (χ2n) is 3.98. The van der Waals surface area contributed by atoms with Gasteiger partial charge in [0.2, 0.25) is 5.88 Å². The van der Waals surface area contributed by atoms with Crippen LogP contribution in [0.4, 0.5) is 5.88 Å². The molecule has 0 saturated carbocycles. The number of hydrogen-bond donors (Lipinski definition) is 1. The molecule has 2 aromatic heterocycles. The van der Waals surface area contributed by atoms with Crippen molar-refractivity contribution in [3.05, 3.63) is 41.8 Å². The molecule has 3 aromatic rings. The molecule has 3 rings (SSSR count). The van der Waals surface area contributed by atoms with Crippen LogP contribution in [0.1, 0.15) is 0 Å². The zero-order chi connectivity index (χ0) is 13.2. The number of thiophene rings is 1. The predicted octanol–water partition coefficient (Wildman–Crippen LogP) is 4.37.